The first-order valence-electron chi connectivity index (χ1n) is 9.52. The van der Waals surface area contributed by atoms with E-state index in [1.807, 2.05) is 38.4 Å². The molecule has 0 spiro atoms. The van der Waals surface area contributed by atoms with Crippen molar-refractivity contribution >= 4 is 59.6 Å². The molecule has 0 atom stereocenters. The number of hydrogen-bond acceptors (Lipinski definition) is 6. The zero-order chi connectivity index (χ0) is 21.3. The molecule has 1 amide bonds. The summed E-state index contributed by atoms with van der Waals surface area (Å²) in [6.45, 7) is 1.26. The van der Waals surface area contributed by atoms with Crippen LogP contribution in [0.5, 0.6) is 0 Å². The molecule has 156 valence electrons. The number of rotatable bonds is 7. The lowest BCUT2D eigenvalue weighted by molar-refractivity contribution is -0.119. The fourth-order valence-corrected chi connectivity index (χ4v) is 4.82. The zero-order valence-electron chi connectivity index (χ0n) is 16.7. The molecule has 30 heavy (non-hydrogen) atoms. The van der Waals surface area contributed by atoms with E-state index in [1.165, 1.54) is 15.9 Å². The molecule has 2 aromatic carbocycles. The Hall–Kier alpha value is -2.49. The SMILES string of the molecule is CN(C)CCCN(C(=O)Cn1c(=O)oc2ccccc21)c1nc2ccc(Br)cc2s1. The number of carbonyl (C=O) groups excluding carboxylic acids is 1. The smallest absolute Gasteiger partial charge is 0.408 e. The van der Waals surface area contributed by atoms with Crippen LogP contribution < -0.4 is 10.7 Å². The van der Waals surface area contributed by atoms with Crippen molar-refractivity contribution in [2.24, 2.45) is 0 Å². The lowest BCUT2D eigenvalue weighted by atomic mass is 10.3. The van der Waals surface area contributed by atoms with Gasteiger partial charge in [-0.2, -0.15) is 0 Å². The van der Waals surface area contributed by atoms with Gasteiger partial charge in [0.15, 0.2) is 10.7 Å². The molecule has 0 bridgehead atoms. The molecule has 0 aliphatic carbocycles. The van der Waals surface area contributed by atoms with E-state index < -0.39 is 5.76 Å². The van der Waals surface area contributed by atoms with Crippen LogP contribution in [-0.2, 0) is 11.3 Å². The third kappa shape index (κ3) is 4.33. The van der Waals surface area contributed by atoms with Crippen LogP contribution in [0.2, 0.25) is 0 Å². The maximum atomic E-state index is 13.3. The second-order valence-corrected chi connectivity index (χ2v) is 9.16. The van der Waals surface area contributed by atoms with Crippen molar-refractivity contribution < 1.29 is 9.21 Å². The number of nitrogens with zero attached hydrogens (tertiary/aromatic N) is 4. The van der Waals surface area contributed by atoms with Crippen molar-refractivity contribution in [1.82, 2.24) is 14.5 Å². The summed E-state index contributed by atoms with van der Waals surface area (Å²) in [6.07, 6.45) is 0.791. The van der Waals surface area contributed by atoms with Gasteiger partial charge in [-0.05, 0) is 57.4 Å². The minimum Gasteiger partial charge on any atom is -0.408 e. The Morgan fingerprint density at radius 2 is 2.00 bits per heavy atom. The molecular formula is C21H21BrN4O3S. The largest absolute Gasteiger partial charge is 0.420 e. The highest BCUT2D eigenvalue weighted by molar-refractivity contribution is 9.10. The molecule has 0 aliphatic heterocycles. The number of aromatic nitrogens is 2. The van der Waals surface area contributed by atoms with E-state index in [0.29, 0.717) is 22.8 Å². The van der Waals surface area contributed by atoms with Crippen LogP contribution in [0.3, 0.4) is 0 Å². The predicted molar refractivity (Wildman–Crippen MR) is 123 cm³/mol. The highest BCUT2D eigenvalue weighted by atomic mass is 79.9. The van der Waals surface area contributed by atoms with Gasteiger partial charge in [-0.15, -0.1) is 0 Å². The molecular weight excluding hydrogens is 468 g/mol. The van der Waals surface area contributed by atoms with E-state index >= 15 is 0 Å². The number of hydrogen-bond donors (Lipinski definition) is 0. The number of fused-ring (bicyclic) bond motifs is 2. The first kappa shape index (κ1) is 20.8. The Morgan fingerprint density at radius 3 is 2.80 bits per heavy atom. The van der Waals surface area contributed by atoms with Crippen molar-refractivity contribution in [2.75, 3.05) is 32.1 Å². The first-order chi connectivity index (χ1) is 14.4. The van der Waals surface area contributed by atoms with Gasteiger partial charge in [-0.1, -0.05) is 39.4 Å². The van der Waals surface area contributed by atoms with Gasteiger partial charge in [-0.3, -0.25) is 14.3 Å². The van der Waals surface area contributed by atoms with Gasteiger partial charge >= 0.3 is 5.76 Å². The molecule has 2 aromatic heterocycles. The monoisotopic (exact) mass is 488 g/mol. The molecule has 0 fully saturated rings. The number of carbonyl (C=O) groups is 1. The Morgan fingerprint density at radius 1 is 1.20 bits per heavy atom. The van der Waals surface area contributed by atoms with Crippen molar-refractivity contribution in [3.63, 3.8) is 0 Å². The summed E-state index contributed by atoms with van der Waals surface area (Å²) in [5, 5.41) is 0.632. The fourth-order valence-electron chi connectivity index (χ4n) is 3.26. The summed E-state index contributed by atoms with van der Waals surface area (Å²) in [4.78, 5) is 34.0. The van der Waals surface area contributed by atoms with E-state index in [2.05, 4.69) is 25.8 Å². The molecule has 0 saturated carbocycles. The fraction of sp³-hybridized carbons (Fsp3) is 0.286. The summed E-state index contributed by atoms with van der Waals surface area (Å²) in [7, 11) is 4.00. The van der Waals surface area contributed by atoms with Gasteiger partial charge < -0.3 is 9.32 Å². The molecule has 0 saturated heterocycles. The van der Waals surface area contributed by atoms with Crippen LogP contribution in [-0.4, -0.2) is 47.5 Å². The van der Waals surface area contributed by atoms with Gasteiger partial charge in [0, 0.05) is 11.0 Å². The first-order valence-corrected chi connectivity index (χ1v) is 11.1. The maximum Gasteiger partial charge on any atom is 0.420 e. The number of para-hydroxylation sites is 2. The van der Waals surface area contributed by atoms with E-state index in [1.54, 1.807) is 23.1 Å². The quantitative estimate of drug-likeness (QED) is 0.393. The predicted octanol–water partition coefficient (Wildman–Crippen LogP) is 3.95. The lowest BCUT2D eigenvalue weighted by Crippen LogP contribution is -2.37. The molecule has 0 N–H and O–H groups in total. The van der Waals surface area contributed by atoms with Crippen molar-refractivity contribution in [3.8, 4) is 0 Å². The van der Waals surface area contributed by atoms with Crippen LogP contribution >= 0.6 is 27.3 Å². The molecule has 9 heteroatoms. The van der Waals surface area contributed by atoms with Crippen molar-refractivity contribution in [2.45, 2.75) is 13.0 Å². The number of halogens is 1. The second kappa shape index (κ2) is 8.71. The van der Waals surface area contributed by atoms with E-state index in [9.17, 15) is 9.59 Å². The average molecular weight is 489 g/mol. The van der Waals surface area contributed by atoms with Gasteiger partial charge in [0.2, 0.25) is 5.91 Å². The number of thiazole rings is 1. The van der Waals surface area contributed by atoms with Crippen LogP contribution in [0.15, 0.2) is 56.1 Å². The molecule has 0 aliphatic rings. The van der Waals surface area contributed by atoms with Crippen molar-refractivity contribution in [1.29, 1.82) is 0 Å². The summed E-state index contributed by atoms with van der Waals surface area (Å²) in [6, 6.07) is 13.0. The van der Waals surface area contributed by atoms with Gasteiger partial charge in [0.1, 0.15) is 6.54 Å². The van der Waals surface area contributed by atoms with Crippen LogP contribution in [0.1, 0.15) is 6.42 Å². The Labute approximate surface area is 185 Å². The molecule has 2 heterocycles. The Bertz CT molecular complexity index is 1260. The average Bonchev–Trinajstić information content (AvgIpc) is 3.25. The molecule has 7 nitrogen and oxygen atoms in total. The molecule has 0 unspecified atom stereocenters. The van der Waals surface area contributed by atoms with Crippen LogP contribution in [0.4, 0.5) is 5.13 Å². The van der Waals surface area contributed by atoms with Crippen LogP contribution in [0.25, 0.3) is 21.3 Å². The molecule has 4 aromatic rings. The number of amides is 1. The number of benzene rings is 2. The third-order valence-electron chi connectivity index (χ3n) is 4.73. The second-order valence-electron chi connectivity index (χ2n) is 7.23. The van der Waals surface area contributed by atoms with Crippen LogP contribution in [0, 0.1) is 0 Å². The highest BCUT2D eigenvalue weighted by Crippen LogP contribution is 2.31. The lowest BCUT2D eigenvalue weighted by Gasteiger charge is -2.21. The summed E-state index contributed by atoms with van der Waals surface area (Å²) < 4.78 is 8.61. The topological polar surface area (TPSA) is 71.6 Å². The van der Waals surface area contributed by atoms with E-state index in [-0.39, 0.29) is 12.5 Å². The molecule has 0 radical (unpaired) electrons. The Balaban J connectivity index is 1.66. The third-order valence-corrected chi connectivity index (χ3v) is 6.26. The van der Waals surface area contributed by atoms with Gasteiger partial charge in [-0.25, -0.2) is 9.78 Å². The number of anilines is 1. The normalized spacial score (nSPS) is 11.6. The maximum absolute atomic E-state index is 13.3. The van der Waals surface area contributed by atoms with Crippen molar-refractivity contribution in [3.05, 3.63) is 57.5 Å². The minimum atomic E-state index is -0.536. The van der Waals surface area contributed by atoms with Gasteiger partial charge in [0.25, 0.3) is 0 Å². The van der Waals surface area contributed by atoms with E-state index in [4.69, 9.17) is 4.42 Å². The highest BCUT2D eigenvalue weighted by Gasteiger charge is 2.22. The minimum absolute atomic E-state index is 0.0998. The summed E-state index contributed by atoms with van der Waals surface area (Å²) in [5.41, 5.74) is 1.92. The van der Waals surface area contributed by atoms with E-state index in [0.717, 1.165) is 27.7 Å². The number of oxazole rings is 1. The standard InChI is InChI=1S/C21H21BrN4O3S/c1-24(2)10-5-11-25(20-23-15-9-8-14(22)12-18(15)30-20)19(27)13-26-16-6-3-4-7-17(16)29-21(26)28/h3-4,6-9,12H,5,10-11,13H2,1-2H3. The summed E-state index contributed by atoms with van der Waals surface area (Å²) >= 11 is 4.95. The van der Waals surface area contributed by atoms with Gasteiger partial charge in [0.05, 0.1) is 15.7 Å². The molecule has 4 rings (SSSR count). The zero-order valence-corrected chi connectivity index (χ0v) is 19.1. The summed E-state index contributed by atoms with van der Waals surface area (Å²) in [5.74, 6) is -0.730. The Kier molecular flexibility index (Phi) is 6.03.